The molecule has 9 heteroatoms. The Hall–Kier alpha value is -1.64. The molecule has 1 atom stereocenters. The van der Waals surface area contributed by atoms with E-state index in [1.807, 2.05) is 13.8 Å². The molecule has 1 aliphatic carbocycles. The molecule has 1 N–H and O–H groups in total. The van der Waals surface area contributed by atoms with Crippen molar-refractivity contribution in [3.63, 3.8) is 0 Å². The summed E-state index contributed by atoms with van der Waals surface area (Å²) in [6.07, 6.45) is 5.04. The first kappa shape index (κ1) is 24.0. The van der Waals surface area contributed by atoms with Crippen LogP contribution in [0.2, 0.25) is 5.02 Å². The quantitative estimate of drug-likeness (QED) is 0.694. The zero-order valence-corrected chi connectivity index (χ0v) is 19.8. The number of hydrogen-bond acceptors (Lipinski definition) is 4. The van der Waals surface area contributed by atoms with Crippen molar-refractivity contribution < 1.29 is 18.0 Å². The Labute approximate surface area is 190 Å². The lowest BCUT2D eigenvalue weighted by molar-refractivity contribution is -0.139. The lowest BCUT2D eigenvalue weighted by Gasteiger charge is -2.37. The van der Waals surface area contributed by atoms with E-state index in [0.29, 0.717) is 18.1 Å². The molecule has 31 heavy (non-hydrogen) atoms. The maximum atomic E-state index is 13.2. The zero-order chi connectivity index (χ0) is 22.6. The highest BCUT2D eigenvalue weighted by Gasteiger charge is 2.35. The third kappa shape index (κ3) is 5.79. The Balaban J connectivity index is 1.61. The lowest BCUT2D eigenvalue weighted by Crippen LogP contribution is -2.57. The van der Waals surface area contributed by atoms with E-state index in [-0.39, 0.29) is 41.6 Å². The molecule has 0 radical (unpaired) electrons. The van der Waals surface area contributed by atoms with Gasteiger partial charge in [-0.05, 0) is 37.0 Å². The Kier molecular flexibility index (Phi) is 7.99. The van der Waals surface area contributed by atoms with Crippen LogP contribution < -0.4 is 5.32 Å². The molecule has 3 rings (SSSR count). The monoisotopic (exact) mass is 469 g/mol. The number of hydrogen-bond donors (Lipinski definition) is 1. The number of piperazine rings is 1. The number of rotatable bonds is 6. The number of amides is 2. The summed E-state index contributed by atoms with van der Waals surface area (Å²) in [6, 6.07) is 5.60. The molecule has 7 nitrogen and oxygen atoms in total. The van der Waals surface area contributed by atoms with Gasteiger partial charge in [0.15, 0.2) is 0 Å². The van der Waals surface area contributed by atoms with Gasteiger partial charge < -0.3 is 10.2 Å². The molecule has 1 aromatic carbocycles. The van der Waals surface area contributed by atoms with Crippen molar-refractivity contribution in [3.05, 3.63) is 29.3 Å². The van der Waals surface area contributed by atoms with E-state index in [1.165, 1.54) is 22.9 Å². The van der Waals surface area contributed by atoms with Gasteiger partial charge in [-0.1, -0.05) is 50.8 Å². The van der Waals surface area contributed by atoms with E-state index >= 15 is 0 Å². The summed E-state index contributed by atoms with van der Waals surface area (Å²) in [5.41, 5.74) is 0. The van der Waals surface area contributed by atoms with Crippen molar-refractivity contribution in [3.8, 4) is 0 Å². The predicted molar refractivity (Wildman–Crippen MR) is 120 cm³/mol. The summed E-state index contributed by atoms with van der Waals surface area (Å²) in [5.74, 6) is -0.233. The van der Waals surface area contributed by atoms with Crippen LogP contribution in [0.25, 0.3) is 0 Å². The van der Waals surface area contributed by atoms with Crippen molar-refractivity contribution in [2.24, 2.45) is 11.8 Å². The van der Waals surface area contributed by atoms with Gasteiger partial charge in [0.25, 0.3) is 0 Å². The second kappa shape index (κ2) is 10.3. The number of nitrogens with zero attached hydrogens (tertiary/aromatic N) is 2. The third-order valence-electron chi connectivity index (χ3n) is 6.19. The molecule has 1 saturated heterocycles. The van der Waals surface area contributed by atoms with Crippen LogP contribution in [0.3, 0.4) is 0 Å². The molecular formula is C22H32ClN3O4S. The first-order valence-electron chi connectivity index (χ1n) is 11.0. The third-order valence-corrected chi connectivity index (χ3v) is 8.32. The molecule has 2 aliphatic rings. The molecule has 0 aromatic heterocycles. The standard InChI is InChI=1S/C22H32ClN3O4S/c1-16(2)20(24-21(27)17-7-4-3-5-8-17)22(28)25-11-13-26(14-12-25)31(29,30)19-10-6-9-18(23)15-19/h6,9-10,15-17,20H,3-5,7-8,11-14H2,1-2H3,(H,24,27)/t20-/m1/s1. The number of benzene rings is 1. The number of carbonyl (C=O) groups excluding carboxylic acids is 2. The van der Waals surface area contributed by atoms with E-state index in [1.54, 1.807) is 17.0 Å². The van der Waals surface area contributed by atoms with E-state index in [0.717, 1.165) is 25.7 Å². The number of nitrogens with one attached hydrogen (secondary N) is 1. The fourth-order valence-corrected chi connectivity index (χ4v) is 6.00. The second-order valence-corrected chi connectivity index (χ2v) is 11.1. The van der Waals surface area contributed by atoms with Gasteiger partial charge in [0, 0.05) is 37.1 Å². The Bertz CT molecular complexity index is 892. The van der Waals surface area contributed by atoms with Crippen LogP contribution in [0.4, 0.5) is 0 Å². The van der Waals surface area contributed by atoms with Crippen LogP contribution in [0, 0.1) is 11.8 Å². The van der Waals surface area contributed by atoms with Crippen molar-refractivity contribution in [1.82, 2.24) is 14.5 Å². The minimum atomic E-state index is -3.66. The largest absolute Gasteiger partial charge is 0.344 e. The van der Waals surface area contributed by atoms with Gasteiger partial charge in [0.2, 0.25) is 21.8 Å². The first-order valence-corrected chi connectivity index (χ1v) is 12.9. The van der Waals surface area contributed by atoms with E-state index in [4.69, 9.17) is 11.6 Å². The summed E-state index contributed by atoms with van der Waals surface area (Å²) in [7, 11) is -3.66. The van der Waals surface area contributed by atoms with Gasteiger partial charge in [-0.3, -0.25) is 9.59 Å². The normalized spacial score (nSPS) is 19.9. The molecule has 0 unspecified atom stereocenters. The maximum absolute atomic E-state index is 13.2. The fraction of sp³-hybridized carbons (Fsp3) is 0.636. The summed E-state index contributed by atoms with van der Waals surface area (Å²) < 4.78 is 27.2. The number of halogens is 1. The van der Waals surface area contributed by atoms with Crippen LogP contribution in [0.15, 0.2) is 29.2 Å². The maximum Gasteiger partial charge on any atom is 0.245 e. The van der Waals surface area contributed by atoms with Gasteiger partial charge in [-0.25, -0.2) is 8.42 Å². The fourth-order valence-electron chi connectivity index (χ4n) is 4.27. The highest BCUT2D eigenvalue weighted by atomic mass is 35.5. The van der Waals surface area contributed by atoms with Crippen LogP contribution in [-0.2, 0) is 19.6 Å². The summed E-state index contributed by atoms with van der Waals surface area (Å²) in [4.78, 5) is 27.7. The molecular weight excluding hydrogens is 438 g/mol. The minimum Gasteiger partial charge on any atom is -0.344 e. The molecule has 0 bridgehead atoms. The van der Waals surface area contributed by atoms with Crippen LogP contribution in [0.5, 0.6) is 0 Å². The summed E-state index contributed by atoms with van der Waals surface area (Å²) >= 11 is 5.95. The Morgan fingerprint density at radius 3 is 2.29 bits per heavy atom. The van der Waals surface area contributed by atoms with Crippen molar-refractivity contribution >= 4 is 33.4 Å². The van der Waals surface area contributed by atoms with E-state index in [2.05, 4.69) is 5.32 Å². The number of carbonyl (C=O) groups is 2. The van der Waals surface area contributed by atoms with Gasteiger partial charge in [-0.2, -0.15) is 4.31 Å². The SMILES string of the molecule is CC(C)[C@@H](NC(=O)C1CCCCC1)C(=O)N1CCN(S(=O)(=O)c2cccc(Cl)c2)CC1. The Morgan fingerprint density at radius 1 is 1.06 bits per heavy atom. The molecule has 0 spiro atoms. The van der Waals surface area contributed by atoms with Crippen LogP contribution in [0.1, 0.15) is 46.0 Å². The first-order chi connectivity index (χ1) is 14.7. The van der Waals surface area contributed by atoms with Gasteiger partial charge >= 0.3 is 0 Å². The zero-order valence-electron chi connectivity index (χ0n) is 18.2. The molecule has 1 heterocycles. The summed E-state index contributed by atoms with van der Waals surface area (Å²) in [6.45, 7) is 4.85. The number of sulfonamides is 1. The van der Waals surface area contributed by atoms with Gasteiger partial charge in [-0.15, -0.1) is 0 Å². The smallest absolute Gasteiger partial charge is 0.245 e. The molecule has 1 aromatic rings. The second-order valence-electron chi connectivity index (χ2n) is 8.75. The van der Waals surface area contributed by atoms with E-state index < -0.39 is 16.1 Å². The average Bonchev–Trinajstić information content (AvgIpc) is 2.77. The van der Waals surface area contributed by atoms with Gasteiger partial charge in [0.05, 0.1) is 4.90 Å². The average molecular weight is 470 g/mol. The summed E-state index contributed by atoms with van der Waals surface area (Å²) in [5, 5.41) is 3.34. The highest BCUT2D eigenvalue weighted by Crippen LogP contribution is 2.25. The minimum absolute atomic E-state index is 0.0116. The van der Waals surface area contributed by atoms with Crippen LogP contribution >= 0.6 is 11.6 Å². The van der Waals surface area contributed by atoms with Crippen LogP contribution in [-0.4, -0.2) is 61.7 Å². The van der Waals surface area contributed by atoms with Crippen molar-refractivity contribution in [2.75, 3.05) is 26.2 Å². The highest BCUT2D eigenvalue weighted by molar-refractivity contribution is 7.89. The molecule has 1 aliphatic heterocycles. The Morgan fingerprint density at radius 2 is 1.71 bits per heavy atom. The predicted octanol–water partition coefficient (Wildman–Crippen LogP) is 2.89. The van der Waals surface area contributed by atoms with Crippen molar-refractivity contribution in [1.29, 1.82) is 0 Å². The lowest BCUT2D eigenvalue weighted by atomic mass is 9.88. The molecule has 172 valence electrons. The molecule has 2 fully saturated rings. The van der Waals surface area contributed by atoms with E-state index in [9.17, 15) is 18.0 Å². The van der Waals surface area contributed by atoms with Crippen molar-refractivity contribution in [2.45, 2.75) is 56.9 Å². The molecule has 1 saturated carbocycles. The topological polar surface area (TPSA) is 86.8 Å². The molecule has 2 amide bonds. The van der Waals surface area contributed by atoms with Gasteiger partial charge in [0.1, 0.15) is 6.04 Å².